The molecule has 1 aromatic carbocycles. The molecule has 2 fully saturated rings. The molecular weight excluding hydrogens is 438 g/mol. The van der Waals surface area contributed by atoms with E-state index in [4.69, 9.17) is 11.6 Å². The Kier molecular flexibility index (Phi) is 6.55. The first-order chi connectivity index (χ1) is 14.9. The van der Waals surface area contributed by atoms with E-state index in [0.29, 0.717) is 50.8 Å². The Morgan fingerprint density at radius 2 is 1.71 bits per heavy atom. The number of hydrogen-bond donors (Lipinski definition) is 0. The van der Waals surface area contributed by atoms with Crippen molar-refractivity contribution in [2.45, 2.75) is 37.8 Å². The lowest BCUT2D eigenvalue weighted by atomic mass is 10.1. The third kappa shape index (κ3) is 4.44. The number of piperazine rings is 1. The van der Waals surface area contributed by atoms with Gasteiger partial charge in [0.05, 0.1) is 16.3 Å². The van der Waals surface area contributed by atoms with Crippen molar-refractivity contribution in [3.63, 3.8) is 0 Å². The Bertz CT molecular complexity index is 1040. The molecule has 2 aromatic rings. The highest BCUT2D eigenvalue weighted by Gasteiger charge is 2.36. The number of likely N-dealkylation sites (tertiary alicyclic amines) is 1. The SMILES string of the molecule is CCn1cc(C(=O)N2CCCCC2)c(S(=O)(=O)N2CCN(c3ccccc3Cl)CC2)n1. The molecule has 0 spiro atoms. The van der Waals surface area contributed by atoms with Crippen LogP contribution in [0.3, 0.4) is 0 Å². The molecule has 10 heteroatoms. The van der Waals surface area contributed by atoms with E-state index in [1.165, 1.54) is 8.99 Å². The molecule has 2 aliphatic heterocycles. The van der Waals surface area contributed by atoms with E-state index in [2.05, 4.69) is 10.00 Å². The van der Waals surface area contributed by atoms with Crippen molar-refractivity contribution in [2.75, 3.05) is 44.2 Å². The zero-order chi connectivity index (χ0) is 22.0. The van der Waals surface area contributed by atoms with E-state index in [0.717, 1.165) is 24.9 Å². The molecule has 0 saturated carbocycles. The fourth-order valence-electron chi connectivity index (χ4n) is 4.17. The number of para-hydroxylation sites is 1. The summed E-state index contributed by atoms with van der Waals surface area (Å²) in [6.45, 7) is 5.35. The van der Waals surface area contributed by atoms with Crippen LogP contribution in [0.1, 0.15) is 36.5 Å². The molecule has 31 heavy (non-hydrogen) atoms. The predicted octanol–water partition coefficient (Wildman–Crippen LogP) is 2.69. The van der Waals surface area contributed by atoms with Crippen LogP contribution >= 0.6 is 11.6 Å². The van der Waals surface area contributed by atoms with E-state index < -0.39 is 10.0 Å². The Labute approximate surface area is 188 Å². The van der Waals surface area contributed by atoms with Gasteiger partial charge < -0.3 is 9.80 Å². The first kappa shape index (κ1) is 22.1. The number of aromatic nitrogens is 2. The van der Waals surface area contributed by atoms with Gasteiger partial charge in [0.2, 0.25) is 5.03 Å². The normalized spacial score (nSPS) is 18.4. The fraction of sp³-hybridized carbons (Fsp3) is 0.524. The summed E-state index contributed by atoms with van der Waals surface area (Å²) in [5, 5.41) is 4.81. The summed E-state index contributed by atoms with van der Waals surface area (Å²) in [7, 11) is -3.89. The van der Waals surface area contributed by atoms with E-state index in [1.54, 1.807) is 11.1 Å². The van der Waals surface area contributed by atoms with E-state index in [9.17, 15) is 13.2 Å². The van der Waals surface area contributed by atoms with Gasteiger partial charge in [-0.15, -0.1) is 0 Å². The maximum Gasteiger partial charge on any atom is 0.263 e. The molecule has 0 N–H and O–H groups in total. The predicted molar refractivity (Wildman–Crippen MR) is 120 cm³/mol. The molecule has 0 bridgehead atoms. The smallest absolute Gasteiger partial charge is 0.263 e. The Morgan fingerprint density at radius 3 is 2.35 bits per heavy atom. The van der Waals surface area contributed by atoms with Gasteiger partial charge in [-0.2, -0.15) is 9.40 Å². The molecule has 0 radical (unpaired) electrons. The van der Waals surface area contributed by atoms with Crippen molar-refractivity contribution in [3.05, 3.63) is 41.0 Å². The minimum absolute atomic E-state index is 0.129. The number of hydrogen-bond acceptors (Lipinski definition) is 5. The van der Waals surface area contributed by atoms with Crippen molar-refractivity contribution in [1.82, 2.24) is 19.0 Å². The van der Waals surface area contributed by atoms with Crippen LogP contribution in [0, 0.1) is 0 Å². The topological polar surface area (TPSA) is 78.8 Å². The van der Waals surface area contributed by atoms with Gasteiger partial charge in [-0.3, -0.25) is 9.48 Å². The van der Waals surface area contributed by atoms with E-state index in [1.807, 2.05) is 31.2 Å². The zero-order valence-corrected chi connectivity index (χ0v) is 19.3. The van der Waals surface area contributed by atoms with Crippen molar-refractivity contribution in [1.29, 1.82) is 0 Å². The van der Waals surface area contributed by atoms with Gasteiger partial charge in [-0.05, 0) is 38.3 Å². The second-order valence-corrected chi connectivity index (χ2v) is 10.2. The van der Waals surface area contributed by atoms with Crippen LogP contribution in [-0.4, -0.2) is 72.6 Å². The summed E-state index contributed by atoms with van der Waals surface area (Å²) < 4.78 is 29.9. The second-order valence-electron chi connectivity index (χ2n) is 7.90. The largest absolute Gasteiger partial charge is 0.368 e. The maximum atomic E-state index is 13.5. The lowest BCUT2D eigenvalue weighted by Crippen LogP contribution is -2.49. The van der Waals surface area contributed by atoms with Gasteiger partial charge >= 0.3 is 0 Å². The minimum atomic E-state index is -3.89. The van der Waals surface area contributed by atoms with Crippen molar-refractivity contribution >= 4 is 33.2 Å². The molecule has 0 atom stereocenters. The summed E-state index contributed by atoms with van der Waals surface area (Å²) >= 11 is 6.30. The number of piperidine rings is 1. The number of halogens is 1. The van der Waals surface area contributed by atoms with Crippen LogP contribution in [0.15, 0.2) is 35.5 Å². The lowest BCUT2D eigenvalue weighted by molar-refractivity contribution is 0.0720. The van der Waals surface area contributed by atoms with Gasteiger partial charge in [0.25, 0.3) is 15.9 Å². The number of amides is 1. The number of benzene rings is 1. The summed E-state index contributed by atoms with van der Waals surface area (Å²) in [5.74, 6) is -0.243. The van der Waals surface area contributed by atoms with Crippen LogP contribution in [0.4, 0.5) is 5.69 Å². The Balaban J connectivity index is 1.55. The molecule has 0 aliphatic carbocycles. The van der Waals surface area contributed by atoms with Crippen LogP contribution in [0.2, 0.25) is 5.02 Å². The summed E-state index contributed by atoms with van der Waals surface area (Å²) in [5.41, 5.74) is 1.08. The zero-order valence-electron chi connectivity index (χ0n) is 17.7. The molecule has 2 saturated heterocycles. The number of anilines is 1. The van der Waals surface area contributed by atoms with Crippen LogP contribution in [-0.2, 0) is 16.6 Å². The molecule has 0 unspecified atom stereocenters. The van der Waals surface area contributed by atoms with Gasteiger partial charge in [0.1, 0.15) is 0 Å². The van der Waals surface area contributed by atoms with Gasteiger partial charge in [-0.25, -0.2) is 8.42 Å². The molecule has 168 valence electrons. The van der Waals surface area contributed by atoms with Gasteiger partial charge in [0, 0.05) is 52.0 Å². The lowest BCUT2D eigenvalue weighted by Gasteiger charge is -2.35. The van der Waals surface area contributed by atoms with Crippen molar-refractivity contribution in [2.24, 2.45) is 0 Å². The molecule has 8 nitrogen and oxygen atoms in total. The first-order valence-electron chi connectivity index (χ1n) is 10.8. The first-order valence-corrected chi connectivity index (χ1v) is 12.6. The molecule has 3 heterocycles. The number of rotatable bonds is 5. The Hall–Kier alpha value is -2.10. The number of sulfonamides is 1. The molecule has 1 amide bonds. The van der Waals surface area contributed by atoms with Crippen LogP contribution in [0.5, 0.6) is 0 Å². The van der Waals surface area contributed by atoms with Crippen molar-refractivity contribution in [3.8, 4) is 0 Å². The fourth-order valence-corrected chi connectivity index (χ4v) is 5.94. The third-order valence-corrected chi connectivity index (χ3v) is 8.10. The van der Waals surface area contributed by atoms with Crippen molar-refractivity contribution < 1.29 is 13.2 Å². The van der Waals surface area contributed by atoms with Gasteiger partial charge in [-0.1, -0.05) is 23.7 Å². The highest BCUT2D eigenvalue weighted by molar-refractivity contribution is 7.89. The molecule has 2 aliphatic rings. The van der Waals surface area contributed by atoms with Crippen LogP contribution < -0.4 is 4.90 Å². The molecular formula is C21H28ClN5O3S. The third-order valence-electron chi connectivity index (χ3n) is 5.94. The molecule has 4 rings (SSSR count). The second kappa shape index (κ2) is 9.18. The summed E-state index contributed by atoms with van der Waals surface area (Å²) in [6, 6.07) is 7.55. The monoisotopic (exact) mass is 465 g/mol. The average molecular weight is 466 g/mol. The summed E-state index contributed by atoms with van der Waals surface area (Å²) in [4.78, 5) is 16.9. The van der Waals surface area contributed by atoms with E-state index in [-0.39, 0.29) is 16.5 Å². The standard InChI is InChI=1S/C21H28ClN5O3S/c1-2-26-16-17(21(28)25-10-6-3-7-11-25)20(23-26)31(29,30)27-14-12-24(13-15-27)19-9-5-4-8-18(19)22/h4-5,8-9,16H,2-3,6-7,10-15H2,1H3. The number of carbonyl (C=O) groups is 1. The van der Waals surface area contributed by atoms with Crippen LogP contribution in [0.25, 0.3) is 0 Å². The summed E-state index contributed by atoms with van der Waals surface area (Å²) in [6.07, 6.45) is 4.56. The number of aryl methyl sites for hydroxylation is 1. The Morgan fingerprint density at radius 1 is 1.03 bits per heavy atom. The average Bonchev–Trinajstić information content (AvgIpc) is 3.25. The quantitative estimate of drug-likeness (QED) is 0.678. The maximum absolute atomic E-state index is 13.5. The van der Waals surface area contributed by atoms with Gasteiger partial charge in [0.15, 0.2) is 0 Å². The highest BCUT2D eigenvalue weighted by Crippen LogP contribution is 2.28. The highest BCUT2D eigenvalue weighted by atomic mass is 35.5. The molecule has 1 aromatic heterocycles. The van der Waals surface area contributed by atoms with E-state index >= 15 is 0 Å². The number of nitrogens with zero attached hydrogens (tertiary/aromatic N) is 5. The number of carbonyl (C=O) groups excluding carboxylic acids is 1. The minimum Gasteiger partial charge on any atom is -0.368 e.